The SMILES string of the molecule is CC.CCCCCC1COC(=O)C1C. The van der Waals surface area contributed by atoms with Crippen LogP contribution >= 0.6 is 0 Å². The van der Waals surface area contributed by atoms with Gasteiger partial charge >= 0.3 is 5.97 Å². The standard InChI is InChI=1S/C10H18O2.C2H6/c1-3-4-5-6-9-7-12-10(11)8(9)2;1-2/h8-9H,3-7H2,1-2H3;1-2H3. The highest BCUT2D eigenvalue weighted by molar-refractivity contribution is 5.74. The summed E-state index contributed by atoms with van der Waals surface area (Å²) in [5.41, 5.74) is 0. The minimum atomic E-state index is -0.00324. The van der Waals surface area contributed by atoms with Gasteiger partial charge in [-0.25, -0.2) is 0 Å². The van der Waals surface area contributed by atoms with Crippen LogP contribution < -0.4 is 0 Å². The van der Waals surface area contributed by atoms with Crippen LogP contribution in [-0.4, -0.2) is 12.6 Å². The Kier molecular flexibility index (Phi) is 7.54. The normalized spacial score (nSPS) is 25.3. The van der Waals surface area contributed by atoms with Gasteiger partial charge in [-0.3, -0.25) is 4.79 Å². The van der Waals surface area contributed by atoms with Gasteiger partial charge in [0.25, 0.3) is 0 Å². The van der Waals surface area contributed by atoms with E-state index in [2.05, 4.69) is 6.92 Å². The molecule has 0 amide bonds. The minimum absolute atomic E-state index is 0.00324. The maximum atomic E-state index is 11.0. The van der Waals surface area contributed by atoms with Crippen molar-refractivity contribution in [3.05, 3.63) is 0 Å². The predicted octanol–water partition coefficient (Wildman–Crippen LogP) is 3.40. The molecule has 0 N–H and O–H groups in total. The van der Waals surface area contributed by atoms with E-state index in [0.29, 0.717) is 12.5 Å². The van der Waals surface area contributed by atoms with Crippen molar-refractivity contribution in [3.8, 4) is 0 Å². The van der Waals surface area contributed by atoms with Crippen molar-refractivity contribution in [1.82, 2.24) is 0 Å². The van der Waals surface area contributed by atoms with E-state index >= 15 is 0 Å². The summed E-state index contributed by atoms with van der Waals surface area (Å²) < 4.78 is 4.97. The fourth-order valence-electron chi connectivity index (χ4n) is 1.65. The van der Waals surface area contributed by atoms with E-state index in [1.165, 1.54) is 19.3 Å². The van der Waals surface area contributed by atoms with Crippen LogP contribution in [0.5, 0.6) is 0 Å². The second-order valence-electron chi connectivity index (χ2n) is 3.67. The predicted molar refractivity (Wildman–Crippen MR) is 59.1 cm³/mol. The van der Waals surface area contributed by atoms with Gasteiger partial charge in [0, 0.05) is 5.92 Å². The van der Waals surface area contributed by atoms with Crippen LogP contribution in [0.3, 0.4) is 0 Å². The summed E-state index contributed by atoms with van der Waals surface area (Å²) in [5.74, 6) is 0.627. The maximum absolute atomic E-state index is 11.0. The van der Waals surface area contributed by atoms with E-state index in [4.69, 9.17) is 4.74 Å². The first-order valence-electron chi connectivity index (χ1n) is 5.92. The first kappa shape index (κ1) is 13.5. The third kappa shape index (κ3) is 4.12. The van der Waals surface area contributed by atoms with Crippen LogP contribution in [0.25, 0.3) is 0 Å². The molecule has 2 atom stereocenters. The fourth-order valence-corrected chi connectivity index (χ4v) is 1.65. The number of rotatable bonds is 4. The zero-order valence-electron chi connectivity index (χ0n) is 10.0. The molecule has 0 aromatic carbocycles. The van der Waals surface area contributed by atoms with Crippen LogP contribution in [0.2, 0.25) is 0 Å². The van der Waals surface area contributed by atoms with E-state index in [9.17, 15) is 4.79 Å². The van der Waals surface area contributed by atoms with E-state index in [1.54, 1.807) is 0 Å². The number of ether oxygens (including phenoxy) is 1. The molecule has 2 unspecified atom stereocenters. The largest absolute Gasteiger partial charge is 0.465 e. The van der Waals surface area contributed by atoms with Crippen molar-refractivity contribution in [3.63, 3.8) is 0 Å². The van der Waals surface area contributed by atoms with Gasteiger partial charge in [-0.2, -0.15) is 0 Å². The molecule has 1 saturated heterocycles. The van der Waals surface area contributed by atoms with Crippen LogP contribution in [0.15, 0.2) is 0 Å². The lowest BCUT2D eigenvalue weighted by molar-refractivity contribution is -0.140. The third-order valence-corrected chi connectivity index (χ3v) is 2.70. The third-order valence-electron chi connectivity index (χ3n) is 2.70. The molecule has 2 heteroatoms. The monoisotopic (exact) mass is 200 g/mol. The van der Waals surface area contributed by atoms with Crippen LogP contribution in [0, 0.1) is 11.8 Å². The highest BCUT2D eigenvalue weighted by Gasteiger charge is 2.32. The summed E-state index contributed by atoms with van der Waals surface area (Å²) in [5, 5.41) is 0. The molecule has 0 aromatic heterocycles. The van der Waals surface area contributed by atoms with Gasteiger partial charge < -0.3 is 4.74 Å². The highest BCUT2D eigenvalue weighted by Crippen LogP contribution is 2.26. The first-order chi connectivity index (χ1) is 6.75. The summed E-state index contributed by atoms with van der Waals surface area (Å²) in [6.07, 6.45) is 4.91. The lowest BCUT2D eigenvalue weighted by Gasteiger charge is -2.09. The molecule has 0 bridgehead atoms. The summed E-state index contributed by atoms with van der Waals surface area (Å²) in [4.78, 5) is 11.0. The lowest BCUT2D eigenvalue weighted by Crippen LogP contribution is -2.11. The molecular formula is C12H24O2. The van der Waals surface area contributed by atoms with Gasteiger partial charge in [0.15, 0.2) is 0 Å². The Balaban J connectivity index is 0.000000791. The zero-order valence-corrected chi connectivity index (χ0v) is 10.0. The number of unbranched alkanes of at least 4 members (excludes halogenated alkanes) is 2. The summed E-state index contributed by atoms with van der Waals surface area (Å²) in [6.45, 7) is 8.83. The topological polar surface area (TPSA) is 26.3 Å². The van der Waals surface area contributed by atoms with Crippen molar-refractivity contribution in [2.24, 2.45) is 11.8 Å². The molecule has 0 aromatic rings. The summed E-state index contributed by atoms with van der Waals surface area (Å²) in [6, 6.07) is 0. The number of carbonyl (C=O) groups is 1. The summed E-state index contributed by atoms with van der Waals surface area (Å²) >= 11 is 0. The summed E-state index contributed by atoms with van der Waals surface area (Å²) in [7, 11) is 0. The van der Waals surface area contributed by atoms with Crippen LogP contribution in [0.4, 0.5) is 0 Å². The Hall–Kier alpha value is -0.530. The Bertz CT molecular complexity index is 154. The molecule has 2 nitrogen and oxygen atoms in total. The first-order valence-corrected chi connectivity index (χ1v) is 5.92. The number of esters is 1. The molecule has 0 aliphatic carbocycles. The highest BCUT2D eigenvalue weighted by atomic mass is 16.5. The number of cyclic esters (lactones) is 1. The van der Waals surface area contributed by atoms with Crippen molar-refractivity contribution >= 4 is 5.97 Å². The second kappa shape index (κ2) is 7.84. The van der Waals surface area contributed by atoms with E-state index < -0.39 is 0 Å². The van der Waals surface area contributed by atoms with Gasteiger partial charge in [-0.1, -0.05) is 47.0 Å². The second-order valence-corrected chi connectivity index (χ2v) is 3.67. The van der Waals surface area contributed by atoms with Gasteiger partial charge in [0.2, 0.25) is 0 Å². The lowest BCUT2D eigenvalue weighted by atomic mass is 9.92. The fraction of sp³-hybridized carbons (Fsp3) is 0.917. The van der Waals surface area contributed by atoms with Crippen molar-refractivity contribution < 1.29 is 9.53 Å². The van der Waals surface area contributed by atoms with Crippen molar-refractivity contribution in [1.29, 1.82) is 0 Å². The number of hydrogen-bond acceptors (Lipinski definition) is 2. The van der Waals surface area contributed by atoms with Gasteiger partial charge in [-0.05, 0) is 6.42 Å². The zero-order chi connectivity index (χ0) is 11.0. The van der Waals surface area contributed by atoms with E-state index in [0.717, 1.165) is 6.42 Å². The molecule has 14 heavy (non-hydrogen) atoms. The molecule has 1 heterocycles. The molecule has 0 spiro atoms. The Morgan fingerprint density at radius 2 is 2.00 bits per heavy atom. The van der Waals surface area contributed by atoms with E-state index in [1.807, 2.05) is 20.8 Å². The van der Waals surface area contributed by atoms with Gasteiger partial charge in [0.05, 0.1) is 12.5 Å². The molecule has 1 fully saturated rings. The molecule has 1 aliphatic rings. The molecule has 1 aliphatic heterocycles. The number of hydrogen-bond donors (Lipinski definition) is 0. The van der Waals surface area contributed by atoms with E-state index in [-0.39, 0.29) is 11.9 Å². The average Bonchev–Trinajstić information content (AvgIpc) is 2.53. The van der Waals surface area contributed by atoms with Crippen molar-refractivity contribution in [2.45, 2.75) is 53.4 Å². The Morgan fingerprint density at radius 1 is 1.36 bits per heavy atom. The van der Waals surface area contributed by atoms with Gasteiger partial charge in [-0.15, -0.1) is 0 Å². The minimum Gasteiger partial charge on any atom is -0.465 e. The number of carbonyl (C=O) groups excluding carboxylic acids is 1. The maximum Gasteiger partial charge on any atom is 0.309 e. The molecular weight excluding hydrogens is 176 g/mol. The van der Waals surface area contributed by atoms with Crippen LogP contribution in [0.1, 0.15) is 53.4 Å². The molecule has 0 saturated carbocycles. The molecule has 84 valence electrons. The molecule has 1 rings (SSSR count). The smallest absolute Gasteiger partial charge is 0.309 e. The Morgan fingerprint density at radius 3 is 2.43 bits per heavy atom. The van der Waals surface area contributed by atoms with Gasteiger partial charge in [0.1, 0.15) is 0 Å². The Labute approximate surface area is 88.0 Å². The average molecular weight is 200 g/mol. The molecule has 0 radical (unpaired) electrons. The quantitative estimate of drug-likeness (QED) is 0.513. The van der Waals surface area contributed by atoms with Crippen LogP contribution in [-0.2, 0) is 9.53 Å². The van der Waals surface area contributed by atoms with Crippen molar-refractivity contribution in [2.75, 3.05) is 6.61 Å².